The lowest BCUT2D eigenvalue weighted by Crippen LogP contribution is -2.16. The molecule has 0 unspecified atom stereocenters. The van der Waals surface area contributed by atoms with Gasteiger partial charge < -0.3 is 5.11 Å². The fourth-order valence-corrected chi connectivity index (χ4v) is 2.12. The van der Waals surface area contributed by atoms with Crippen LogP contribution in [0.4, 0.5) is 13.2 Å². The zero-order valence-electron chi connectivity index (χ0n) is 10.5. The van der Waals surface area contributed by atoms with E-state index in [1.165, 1.54) is 12.1 Å². The van der Waals surface area contributed by atoms with Gasteiger partial charge in [-0.3, -0.25) is 0 Å². The van der Waals surface area contributed by atoms with Gasteiger partial charge in [0, 0.05) is 5.57 Å². The number of allylic oxidation sites excluding steroid dienone is 1. The Morgan fingerprint density at radius 3 is 2.25 bits per heavy atom. The summed E-state index contributed by atoms with van der Waals surface area (Å²) in [5.74, 6) is -1.58. The molecule has 0 aliphatic heterocycles. The minimum absolute atomic E-state index is 0.115. The van der Waals surface area contributed by atoms with E-state index in [4.69, 9.17) is 5.11 Å². The van der Waals surface area contributed by atoms with Crippen molar-refractivity contribution >= 4 is 22.3 Å². The average molecular weight is 280 g/mol. The molecule has 0 radical (unpaired) electrons. The Bertz CT molecular complexity index is 694. The van der Waals surface area contributed by atoms with Crippen LogP contribution in [-0.2, 0) is 4.79 Å². The molecular formula is C15H11F3O2. The monoisotopic (exact) mass is 280 g/mol. The maximum Gasteiger partial charge on any atom is 0.417 e. The third kappa shape index (κ3) is 2.52. The zero-order chi connectivity index (χ0) is 14.9. The second-order valence-electron chi connectivity index (χ2n) is 4.33. The molecule has 104 valence electrons. The van der Waals surface area contributed by atoms with E-state index in [0.717, 1.165) is 6.92 Å². The summed E-state index contributed by atoms with van der Waals surface area (Å²) in [6.07, 6.45) is -4.73. The van der Waals surface area contributed by atoms with Crippen LogP contribution in [0, 0.1) is 0 Å². The van der Waals surface area contributed by atoms with Crippen LogP contribution in [0.2, 0.25) is 0 Å². The van der Waals surface area contributed by atoms with Gasteiger partial charge in [-0.15, -0.1) is 0 Å². The molecule has 2 nitrogen and oxygen atoms in total. The van der Waals surface area contributed by atoms with Crippen LogP contribution in [0.1, 0.15) is 12.5 Å². The number of halogens is 3. The Balaban J connectivity index is 2.84. The van der Waals surface area contributed by atoms with Crippen molar-refractivity contribution in [3.05, 3.63) is 53.6 Å². The highest BCUT2D eigenvalue weighted by Gasteiger charge is 2.38. The largest absolute Gasteiger partial charge is 0.478 e. The number of benzene rings is 2. The van der Waals surface area contributed by atoms with Crippen molar-refractivity contribution in [2.24, 2.45) is 0 Å². The predicted octanol–water partition coefficient (Wildman–Crippen LogP) is 4.26. The molecule has 0 aromatic heterocycles. The molecule has 0 saturated carbocycles. The summed E-state index contributed by atoms with van der Waals surface area (Å²) >= 11 is 0. The number of rotatable bonds is 2. The molecule has 2 aromatic rings. The highest BCUT2D eigenvalue weighted by atomic mass is 19.4. The predicted molar refractivity (Wildman–Crippen MR) is 70.2 cm³/mol. The lowest BCUT2D eigenvalue weighted by Gasteiger charge is -2.16. The molecule has 0 amide bonds. The first-order valence-corrected chi connectivity index (χ1v) is 5.82. The molecule has 0 fully saturated rings. The van der Waals surface area contributed by atoms with Crippen LogP contribution in [0.15, 0.2) is 48.0 Å². The standard InChI is InChI=1S/C15H11F3O2/c1-9(14(19)20)13(15(16,17)18)12-8-4-6-10-5-2-3-7-11(10)12/h2-8H,1H3,(H,19,20). The van der Waals surface area contributed by atoms with Crippen molar-refractivity contribution < 1.29 is 23.1 Å². The maximum atomic E-state index is 13.2. The number of carboxylic acids is 1. The van der Waals surface area contributed by atoms with Gasteiger partial charge >= 0.3 is 12.1 Å². The van der Waals surface area contributed by atoms with Crippen molar-refractivity contribution in [1.29, 1.82) is 0 Å². The first-order chi connectivity index (χ1) is 9.32. The van der Waals surface area contributed by atoms with Crippen molar-refractivity contribution in [2.45, 2.75) is 13.1 Å². The second kappa shape index (κ2) is 5.00. The van der Waals surface area contributed by atoms with E-state index in [1.54, 1.807) is 30.3 Å². The van der Waals surface area contributed by atoms with E-state index in [-0.39, 0.29) is 5.56 Å². The van der Waals surface area contributed by atoms with Gasteiger partial charge in [0.1, 0.15) is 0 Å². The molecule has 0 atom stereocenters. The van der Waals surface area contributed by atoms with Crippen molar-refractivity contribution in [3.8, 4) is 0 Å². The molecule has 0 spiro atoms. The molecule has 0 saturated heterocycles. The van der Waals surface area contributed by atoms with Crippen molar-refractivity contribution in [2.75, 3.05) is 0 Å². The molecule has 0 aliphatic carbocycles. The van der Waals surface area contributed by atoms with E-state index < -0.39 is 23.3 Å². The summed E-state index contributed by atoms with van der Waals surface area (Å²) in [5.41, 5.74) is -1.94. The smallest absolute Gasteiger partial charge is 0.417 e. The number of carboxylic acid groups (broad SMARTS) is 1. The molecular weight excluding hydrogens is 269 g/mol. The van der Waals surface area contributed by atoms with Gasteiger partial charge in [0.2, 0.25) is 0 Å². The third-order valence-electron chi connectivity index (χ3n) is 3.04. The summed E-state index contributed by atoms with van der Waals surface area (Å²) in [4.78, 5) is 10.9. The zero-order valence-corrected chi connectivity index (χ0v) is 10.5. The number of hydrogen-bond donors (Lipinski definition) is 1. The van der Waals surface area contributed by atoms with Crippen LogP contribution in [0.3, 0.4) is 0 Å². The highest BCUT2D eigenvalue weighted by molar-refractivity contribution is 6.03. The molecule has 0 bridgehead atoms. The topological polar surface area (TPSA) is 37.3 Å². The molecule has 5 heteroatoms. The van der Waals surface area contributed by atoms with E-state index in [9.17, 15) is 18.0 Å². The lowest BCUT2D eigenvalue weighted by atomic mass is 9.94. The molecule has 2 aromatic carbocycles. The Hall–Kier alpha value is -2.30. The Morgan fingerprint density at radius 1 is 1.05 bits per heavy atom. The quantitative estimate of drug-likeness (QED) is 0.834. The molecule has 1 N–H and O–H groups in total. The summed E-state index contributed by atoms with van der Waals surface area (Å²) in [6, 6.07) is 11.0. The van der Waals surface area contributed by atoms with Crippen LogP contribution >= 0.6 is 0 Å². The van der Waals surface area contributed by atoms with Gasteiger partial charge in [-0.1, -0.05) is 42.5 Å². The highest BCUT2D eigenvalue weighted by Crippen LogP contribution is 2.39. The van der Waals surface area contributed by atoms with E-state index in [1.807, 2.05) is 0 Å². The number of hydrogen-bond acceptors (Lipinski definition) is 1. The van der Waals surface area contributed by atoms with Gasteiger partial charge in [-0.05, 0) is 23.3 Å². The summed E-state index contributed by atoms with van der Waals surface area (Å²) in [5, 5.41) is 9.90. The second-order valence-corrected chi connectivity index (χ2v) is 4.33. The van der Waals surface area contributed by atoms with Crippen LogP contribution < -0.4 is 0 Å². The fourth-order valence-electron chi connectivity index (χ4n) is 2.12. The summed E-state index contributed by atoms with van der Waals surface area (Å²) in [7, 11) is 0. The van der Waals surface area contributed by atoms with Gasteiger partial charge in [-0.2, -0.15) is 13.2 Å². The number of aliphatic carboxylic acids is 1. The molecule has 20 heavy (non-hydrogen) atoms. The first-order valence-electron chi connectivity index (χ1n) is 5.82. The minimum Gasteiger partial charge on any atom is -0.478 e. The minimum atomic E-state index is -4.73. The Labute approximate surface area is 113 Å². The molecule has 0 aliphatic rings. The van der Waals surface area contributed by atoms with Gasteiger partial charge in [-0.25, -0.2) is 4.79 Å². The summed E-state index contributed by atoms with van der Waals surface area (Å²) < 4.78 is 39.7. The first kappa shape index (κ1) is 14.1. The van der Waals surface area contributed by atoms with Gasteiger partial charge in [0.05, 0.1) is 5.57 Å². The normalized spacial score (nSPS) is 13.2. The SMILES string of the molecule is CC(C(=O)O)=C(c1cccc2ccccc12)C(F)(F)F. The van der Waals surface area contributed by atoms with Crippen LogP contribution in [-0.4, -0.2) is 17.3 Å². The van der Waals surface area contributed by atoms with E-state index in [0.29, 0.717) is 10.8 Å². The van der Waals surface area contributed by atoms with E-state index >= 15 is 0 Å². The third-order valence-corrected chi connectivity index (χ3v) is 3.04. The Kier molecular flexibility index (Phi) is 3.53. The van der Waals surface area contributed by atoms with Crippen molar-refractivity contribution in [3.63, 3.8) is 0 Å². The Morgan fingerprint density at radius 2 is 1.65 bits per heavy atom. The number of carbonyl (C=O) groups is 1. The van der Waals surface area contributed by atoms with Crippen LogP contribution in [0.5, 0.6) is 0 Å². The van der Waals surface area contributed by atoms with Gasteiger partial charge in [0.15, 0.2) is 0 Å². The fraction of sp³-hybridized carbons (Fsp3) is 0.133. The maximum absolute atomic E-state index is 13.2. The lowest BCUT2D eigenvalue weighted by molar-refractivity contribution is -0.133. The van der Waals surface area contributed by atoms with Gasteiger partial charge in [0.25, 0.3) is 0 Å². The van der Waals surface area contributed by atoms with Crippen molar-refractivity contribution in [1.82, 2.24) is 0 Å². The number of fused-ring (bicyclic) bond motifs is 1. The van der Waals surface area contributed by atoms with E-state index in [2.05, 4.69) is 0 Å². The summed E-state index contributed by atoms with van der Waals surface area (Å²) in [6.45, 7) is 0.965. The number of alkyl halides is 3. The molecule has 0 heterocycles. The average Bonchev–Trinajstić information content (AvgIpc) is 2.37. The van der Waals surface area contributed by atoms with Crippen LogP contribution in [0.25, 0.3) is 16.3 Å². The molecule has 2 rings (SSSR count).